The first-order valence-corrected chi connectivity index (χ1v) is 10.3. The van der Waals surface area contributed by atoms with Gasteiger partial charge in [-0.2, -0.15) is 0 Å². The molecule has 4 aromatic rings. The van der Waals surface area contributed by atoms with Crippen molar-refractivity contribution in [2.24, 2.45) is 0 Å². The lowest BCUT2D eigenvalue weighted by atomic mass is 10.1. The van der Waals surface area contributed by atoms with Crippen LogP contribution in [0, 0.1) is 6.92 Å². The van der Waals surface area contributed by atoms with E-state index in [0.29, 0.717) is 18.8 Å². The van der Waals surface area contributed by atoms with E-state index in [4.69, 9.17) is 0 Å². The molecule has 0 saturated carbocycles. The van der Waals surface area contributed by atoms with Gasteiger partial charge < -0.3 is 15.6 Å². The Kier molecular flexibility index (Phi) is 11.6. The van der Waals surface area contributed by atoms with E-state index in [1.54, 1.807) is 12.4 Å². The molecule has 4 rings (SSSR count). The zero-order valence-corrected chi connectivity index (χ0v) is 20.6. The lowest BCUT2D eigenvalue weighted by molar-refractivity contribution is 0.0946. The number of para-hydroxylation sites is 2. The Labute approximate surface area is 209 Å². The molecule has 11 heteroatoms. The number of hydrogen-bond donors (Lipinski definition) is 3. The van der Waals surface area contributed by atoms with Crippen LogP contribution in [-0.2, 0) is 19.5 Å². The van der Waals surface area contributed by atoms with Crippen molar-refractivity contribution >= 4 is 65.5 Å². The number of fused-ring (bicyclic) bond motifs is 1. The summed E-state index contributed by atoms with van der Waals surface area (Å²) in [7, 11) is 0. The molecule has 0 atom stereocenters. The van der Waals surface area contributed by atoms with Gasteiger partial charge in [-0.3, -0.25) is 9.78 Å². The van der Waals surface area contributed by atoms with Gasteiger partial charge in [0.25, 0.3) is 5.91 Å². The van der Waals surface area contributed by atoms with Crippen LogP contribution in [0.5, 0.6) is 0 Å². The Morgan fingerprint density at radius 2 is 1.91 bits per heavy atom. The maximum atomic E-state index is 12.3. The van der Waals surface area contributed by atoms with Crippen LogP contribution in [-0.4, -0.2) is 32.4 Å². The number of H-pyrrole nitrogens is 1. The second kappa shape index (κ2) is 13.3. The summed E-state index contributed by atoms with van der Waals surface area (Å²) in [6.45, 7) is 3.88. The van der Waals surface area contributed by atoms with Crippen molar-refractivity contribution in [3.05, 3.63) is 75.8 Å². The molecule has 0 saturated heterocycles. The van der Waals surface area contributed by atoms with Gasteiger partial charge in [0.2, 0.25) is 0 Å². The quantitative estimate of drug-likeness (QED) is 0.305. The van der Waals surface area contributed by atoms with E-state index in [2.05, 4.69) is 30.6 Å². The number of thiazole rings is 1. The van der Waals surface area contributed by atoms with Crippen LogP contribution in [0.2, 0.25) is 0 Å². The van der Waals surface area contributed by atoms with E-state index in [1.807, 2.05) is 42.6 Å². The van der Waals surface area contributed by atoms with Crippen LogP contribution in [0.1, 0.15) is 32.4 Å². The molecule has 0 fully saturated rings. The van der Waals surface area contributed by atoms with E-state index in [-0.39, 0.29) is 43.1 Å². The summed E-state index contributed by atoms with van der Waals surface area (Å²) < 4.78 is 0. The lowest BCUT2D eigenvalue weighted by Gasteiger charge is -2.06. The van der Waals surface area contributed by atoms with E-state index < -0.39 is 0 Å². The fraction of sp³-hybridized carbons (Fsp3) is 0.238. The minimum absolute atomic E-state index is 0. The Balaban J connectivity index is 0.00000171. The number of nitrogens with zero attached hydrogens (tertiary/aromatic N) is 3. The summed E-state index contributed by atoms with van der Waals surface area (Å²) in [4.78, 5) is 28.7. The molecule has 0 radical (unpaired) electrons. The number of halogens is 3. The van der Waals surface area contributed by atoms with Crippen LogP contribution < -0.4 is 10.6 Å². The molecule has 3 N–H and O–H groups in total. The fourth-order valence-electron chi connectivity index (χ4n) is 2.99. The topological polar surface area (TPSA) is 95.6 Å². The monoisotopic (exact) mass is 514 g/mol. The molecular weight excluding hydrogens is 491 g/mol. The molecule has 1 aromatic carbocycles. The number of imidazole rings is 1. The molecule has 0 spiro atoms. The summed E-state index contributed by atoms with van der Waals surface area (Å²) in [5.74, 6) is 0.760. The third kappa shape index (κ3) is 7.15. The largest absolute Gasteiger partial charge is 0.347 e. The van der Waals surface area contributed by atoms with E-state index in [0.717, 1.165) is 46.0 Å². The van der Waals surface area contributed by atoms with Crippen molar-refractivity contribution in [2.45, 2.75) is 26.4 Å². The molecule has 0 aliphatic carbocycles. The molecule has 0 bridgehead atoms. The van der Waals surface area contributed by atoms with Gasteiger partial charge in [-0.1, -0.05) is 12.1 Å². The highest BCUT2D eigenvalue weighted by molar-refractivity contribution is 7.09. The molecule has 3 aromatic heterocycles. The molecular formula is C21H25Cl3N6OS. The molecule has 32 heavy (non-hydrogen) atoms. The summed E-state index contributed by atoms with van der Waals surface area (Å²) in [6.07, 6.45) is 4.29. The van der Waals surface area contributed by atoms with E-state index >= 15 is 0 Å². The maximum absolute atomic E-state index is 12.3. The van der Waals surface area contributed by atoms with Gasteiger partial charge >= 0.3 is 0 Å². The number of amides is 1. The number of rotatable bonds is 8. The van der Waals surface area contributed by atoms with Crippen LogP contribution in [0.4, 0.5) is 0 Å². The average Bonchev–Trinajstić information content (AvgIpc) is 3.37. The Hall–Kier alpha value is -2.23. The number of aromatic nitrogens is 4. The highest BCUT2D eigenvalue weighted by Crippen LogP contribution is 2.12. The molecule has 7 nitrogen and oxygen atoms in total. The van der Waals surface area contributed by atoms with Gasteiger partial charge in [0.05, 0.1) is 22.6 Å². The Morgan fingerprint density at radius 1 is 1.09 bits per heavy atom. The first kappa shape index (κ1) is 27.8. The summed E-state index contributed by atoms with van der Waals surface area (Å²) in [6, 6.07) is 9.90. The SMILES string of the molecule is Cc1cnccc1CNC(=O)c1csc(CCNCc2nc3ccccc3[nH]2)n1.Cl.Cl.Cl. The highest BCUT2D eigenvalue weighted by atomic mass is 35.5. The predicted molar refractivity (Wildman–Crippen MR) is 136 cm³/mol. The molecule has 0 aliphatic heterocycles. The summed E-state index contributed by atoms with van der Waals surface area (Å²) >= 11 is 1.51. The fourth-order valence-corrected chi connectivity index (χ4v) is 3.77. The summed E-state index contributed by atoms with van der Waals surface area (Å²) in [5, 5.41) is 9.04. The zero-order chi connectivity index (χ0) is 20.1. The van der Waals surface area contributed by atoms with Gasteiger partial charge in [-0.15, -0.1) is 48.6 Å². The second-order valence-electron chi connectivity index (χ2n) is 6.74. The van der Waals surface area contributed by atoms with Gasteiger partial charge in [-0.25, -0.2) is 9.97 Å². The molecule has 0 aliphatic rings. The number of nitrogens with one attached hydrogen (secondary N) is 3. The minimum Gasteiger partial charge on any atom is -0.347 e. The van der Waals surface area contributed by atoms with E-state index in [9.17, 15) is 4.79 Å². The molecule has 0 unspecified atom stereocenters. The number of hydrogen-bond acceptors (Lipinski definition) is 6. The minimum atomic E-state index is -0.154. The predicted octanol–water partition coefficient (Wildman–Crippen LogP) is 4.25. The third-order valence-corrected chi connectivity index (χ3v) is 5.52. The van der Waals surface area contributed by atoms with Crippen molar-refractivity contribution in [1.82, 2.24) is 30.6 Å². The number of pyridine rings is 1. The number of carbonyl (C=O) groups excluding carboxylic acids is 1. The lowest BCUT2D eigenvalue weighted by Crippen LogP contribution is -2.23. The maximum Gasteiger partial charge on any atom is 0.271 e. The highest BCUT2D eigenvalue weighted by Gasteiger charge is 2.11. The van der Waals surface area contributed by atoms with Gasteiger partial charge in [-0.05, 0) is 36.2 Å². The van der Waals surface area contributed by atoms with Gasteiger partial charge in [0.1, 0.15) is 11.5 Å². The number of aromatic amines is 1. The first-order valence-electron chi connectivity index (χ1n) is 9.45. The van der Waals surface area contributed by atoms with Gasteiger partial charge in [0.15, 0.2) is 0 Å². The van der Waals surface area contributed by atoms with Crippen LogP contribution >= 0.6 is 48.6 Å². The van der Waals surface area contributed by atoms with Crippen molar-refractivity contribution < 1.29 is 4.79 Å². The van der Waals surface area contributed by atoms with Crippen molar-refractivity contribution in [3.8, 4) is 0 Å². The van der Waals surface area contributed by atoms with Crippen molar-refractivity contribution in [2.75, 3.05) is 6.54 Å². The first-order chi connectivity index (χ1) is 14.2. The number of aryl methyl sites for hydroxylation is 1. The second-order valence-corrected chi connectivity index (χ2v) is 7.68. The standard InChI is InChI=1S/C21H22N6OS.3ClH/c1-14-10-22-8-6-15(14)11-24-21(28)18-13-29-20(27-18)7-9-23-12-19-25-16-4-2-3-5-17(16)26-19;;;/h2-6,8,10,13,23H,7,9,11-12H2,1H3,(H,24,28)(H,25,26);3*1H. The third-order valence-electron chi connectivity index (χ3n) is 4.61. The number of carbonyl (C=O) groups is 1. The van der Waals surface area contributed by atoms with Crippen molar-refractivity contribution in [3.63, 3.8) is 0 Å². The summed E-state index contributed by atoms with van der Waals surface area (Å²) in [5.41, 5.74) is 4.60. The Bertz CT molecular complexity index is 1100. The average molecular weight is 516 g/mol. The number of benzene rings is 1. The normalized spacial score (nSPS) is 10.0. The van der Waals surface area contributed by atoms with Crippen molar-refractivity contribution in [1.29, 1.82) is 0 Å². The van der Waals surface area contributed by atoms with Crippen LogP contribution in [0.15, 0.2) is 48.1 Å². The smallest absolute Gasteiger partial charge is 0.271 e. The Morgan fingerprint density at radius 3 is 2.69 bits per heavy atom. The molecule has 3 heterocycles. The van der Waals surface area contributed by atoms with E-state index in [1.165, 1.54) is 11.3 Å². The van der Waals surface area contributed by atoms with Crippen LogP contribution in [0.3, 0.4) is 0 Å². The molecule has 1 amide bonds. The van der Waals surface area contributed by atoms with Gasteiger partial charge in [0, 0.05) is 37.3 Å². The molecule has 172 valence electrons. The zero-order valence-electron chi connectivity index (χ0n) is 17.3. The van der Waals surface area contributed by atoms with Crippen LogP contribution in [0.25, 0.3) is 11.0 Å².